The van der Waals surface area contributed by atoms with Gasteiger partial charge in [0.25, 0.3) is 11.8 Å². The molecule has 0 bridgehead atoms. The molecule has 0 aliphatic rings. The van der Waals surface area contributed by atoms with E-state index >= 15 is 0 Å². The number of nitrogens with zero attached hydrogens (tertiary/aromatic N) is 1. The fourth-order valence-corrected chi connectivity index (χ4v) is 5.44. The van der Waals surface area contributed by atoms with Crippen LogP contribution in [0.1, 0.15) is 33.7 Å². The Kier molecular flexibility index (Phi) is 11.0. The van der Waals surface area contributed by atoms with Gasteiger partial charge in [-0.25, -0.2) is 4.98 Å². The molecule has 0 aliphatic heterocycles. The van der Waals surface area contributed by atoms with Crippen LogP contribution in [0.25, 0.3) is 6.08 Å². The molecule has 0 fully saturated rings. The van der Waals surface area contributed by atoms with Crippen LogP contribution in [-0.2, 0) is 9.59 Å². The molecular weight excluding hydrogens is 596 g/mol. The van der Waals surface area contributed by atoms with Gasteiger partial charge in [-0.05, 0) is 84.8 Å². The molecule has 46 heavy (non-hydrogen) atoms. The lowest BCUT2D eigenvalue weighted by Gasteiger charge is -2.17. The second kappa shape index (κ2) is 15.9. The lowest BCUT2D eigenvalue weighted by Crippen LogP contribution is -2.30. The van der Waals surface area contributed by atoms with Gasteiger partial charge in [-0.3, -0.25) is 14.4 Å². The van der Waals surface area contributed by atoms with Gasteiger partial charge in [0.15, 0.2) is 0 Å². The third kappa shape index (κ3) is 8.93. The van der Waals surface area contributed by atoms with Crippen LogP contribution >= 0.6 is 11.8 Å². The van der Waals surface area contributed by atoms with Crippen molar-refractivity contribution in [2.24, 2.45) is 0 Å². The summed E-state index contributed by atoms with van der Waals surface area (Å²) in [7, 11) is 0. The molecule has 1 aromatic heterocycles. The average molecular weight is 629 g/mol. The van der Waals surface area contributed by atoms with E-state index in [2.05, 4.69) is 20.9 Å². The van der Waals surface area contributed by atoms with Crippen LogP contribution in [0, 0.1) is 0 Å². The highest BCUT2D eigenvalue weighted by Gasteiger charge is 2.23. The number of hydrogen-bond donors (Lipinski definition) is 3. The number of aromatic nitrogens is 1. The molecule has 0 saturated carbocycles. The van der Waals surface area contributed by atoms with Gasteiger partial charge in [0.1, 0.15) is 22.5 Å². The summed E-state index contributed by atoms with van der Waals surface area (Å²) in [5, 5.41) is 7.98. The molecule has 9 heteroatoms. The van der Waals surface area contributed by atoms with E-state index in [0.29, 0.717) is 35.0 Å². The maximum atomic E-state index is 13.5. The van der Waals surface area contributed by atoms with Crippen LogP contribution < -0.4 is 20.7 Å². The summed E-state index contributed by atoms with van der Waals surface area (Å²) in [5.41, 5.74) is 2.58. The van der Waals surface area contributed by atoms with Crippen LogP contribution in [0.5, 0.6) is 5.75 Å². The largest absolute Gasteiger partial charge is 0.494 e. The summed E-state index contributed by atoms with van der Waals surface area (Å²) < 4.78 is 5.52. The fraction of sp³-hybridized carbons (Fsp3) is 0.0811. The minimum Gasteiger partial charge on any atom is -0.494 e. The topological polar surface area (TPSA) is 109 Å². The molecular formula is C37H32N4O4S. The molecule has 230 valence electrons. The standard InChI is InChI=1S/C37H32N4O4S/c1-2-45-30-20-16-26(17-21-30)25-32(40-35(42)28-13-7-4-8-14-28)36(43)39-29-18-22-31(23-19-29)46-34(27-11-5-3-6-12-27)37(44)41-33-15-9-10-24-38-33/h3-25,34H,2H2,1H3,(H,39,43)(H,40,42)(H,38,41,44)/b32-25-. The van der Waals surface area contributed by atoms with Crippen LogP contribution in [0.3, 0.4) is 0 Å². The Hall–Kier alpha value is -5.67. The summed E-state index contributed by atoms with van der Waals surface area (Å²) in [6.45, 7) is 2.45. The van der Waals surface area contributed by atoms with E-state index in [4.69, 9.17) is 4.74 Å². The molecule has 0 saturated heterocycles. The maximum absolute atomic E-state index is 13.5. The second-order valence-corrected chi connectivity index (χ2v) is 11.2. The highest BCUT2D eigenvalue weighted by atomic mass is 32.2. The van der Waals surface area contributed by atoms with E-state index < -0.39 is 17.1 Å². The highest BCUT2D eigenvalue weighted by molar-refractivity contribution is 8.00. The van der Waals surface area contributed by atoms with Crippen molar-refractivity contribution in [1.29, 1.82) is 0 Å². The number of carbonyl (C=O) groups excluding carboxylic acids is 3. The highest BCUT2D eigenvalue weighted by Crippen LogP contribution is 2.36. The number of anilines is 2. The molecule has 0 aliphatic carbocycles. The summed E-state index contributed by atoms with van der Waals surface area (Å²) >= 11 is 1.38. The normalized spacial score (nSPS) is 11.6. The van der Waals surface area contributed by atoms with E-state index in [9.17, 15) is 14.4 Å². The number of hydrogen-bond acceptors (Lipinski definition) is 6. The number of pyridine rings is 1. The molecule has 0 spiro atoms. The van der Waals surface area contributed by atoms with Gasteiger partial charge in [0, 0.05) is 22.3 Å². The Morgan fingerprint density at radius 2 is 1.46 bits per heavy atom. The molecule has 5 aromatic rings. The Morgan fingerprint density at radius 1 is 0.783 bits per heavy atom. The summed E-state index contributed by atoms with van der Waals surface area (Å²) in [6.07, 6.45) is 3.24. The molecule has 0 radical (unpaired) electrons. The number of carbonyl (C=O) groups is 3. The Morgan fingerprint density at radius 3 is 2.11 bits per heavy atom. The third-order valence-corrected chi connectivity index (χ3v) is 7.92. The first-order valence-electron chi connectivity index (χ1n) is 14.6. The quantitative estimate of drug-likeness (QED) is 0.0984. The second-order valence-electron chi connectivity index (χ2n) is 9.97. The first-order valence-corrected chi connectivity index (χ1v) is 15.5. The maximum Gasteiger partial charge on any atom is 0.272 e. The van der Waals surface area contributed by atoms with Crippen molar-refractivity contribution in [3.8, 4) is 5.75 Å². The summed E-state index contributed by atoms with van der Waals surface area (Å²) in [5.74, 6) is 0.0813. The van der Waals surface area contributed by atoms with Gasteiger partial charge in [-0.15, -0.1) is 11.8 Å². The molecule has 5 rings (SSSR count). The molecule has 1 unspecified atom stereocenters. The molecule has 8 nitrogen and oxygen atoms in total. The van der Waals surface area contributed by atoms with Gasteiger partial charge in [0.05, 0.1) is 6.61 Å². The SMILES string of the molecule is CCOc1ccc(/C=C(\NC(=O)c2ccccc2)C(=O)Nc2ccc(SC(C(=O)Nc3ccccn3)c3ccccc3)cc2)cc1. The molecule has 3 amide bonds. The van der Waals surface area contributed by atoms with Crippen molar-refractivity contribution in [2.45, 2.75) is 17.1 Å². The van der Waals surface area contributed by atoms with Crippen LogP contribution in [-0.4, -0.2) is 29.3 Å². The molecule has 1 heterocycles. The number of rotatable bonds is 12. The Labute approximate surface area is 271 Å². The van der Waals surface area contributed by atoms with Crippen molar-refractivity contribution in [1.82, 2.24) is 10.3 Å². The molecule has 3 N–H and O–H groups in total. The average Bonchev–Trinajstić information content (AvgIpc) is 3.09. The first-order chi connectivity index (χ1) is 22.5. The minimum absolute atomic E-state index is 0.0757. The van der Waals surface area contributed by atoms with E-state index in [1.807, 2.05) is 73.7 Å². The monoisotopic (exact) mass is 628 g/mol. The number of nitrogens with one attached hydrogen (secondary N) is 3. The molecule has 1 atom stereocenters. The van der Waals surface area contributed by atoms with Gasteiger partial charge >= 0.3 is 0 Å². The summed E-state index contributed by atoms with van der Waals surface area (Å²) in [4.78, 5) is 44.8. The van der Waals surface area contributed by atoms with Crippen molar-refractivity contribution in [3.63, 3.8) is 0 Å². The third-order valence-electron chi connectivity index (χ3n) is 6.65. The van der Waals surface area contributed by atoms with E-state index in [-0.39, 0.29) is 11.6 Å². The number of amides is 3. The van der Waals surface area contributed by atoms with Gasteiger partial charge in [-0.1, -0.05) is 66.7 Å². The van der Waals surface area contributed by atoms with Gasteiger partial charge in [0.2, 0.25) is 5.91 Å². The number of benzene rings is 4. The lowest BCUT2D eigenvalue weighted by atomic mass is 10.1. The predicted octanol–water partition coefficient (Wildman–Crippen LogP) is 7.36. The number of ether oxygens (including phenoxy) is 1. The minimum atomic E-state index is -0.541. The fourth-order valence-electron chi connectivity index (χ4n) is 4.42. The predicted molar refractivity (Wildman–Crippen MR) is 182 cm³/mol. The van der Waals surface area contributed by atoms with Gasteiger partial charge < -0.3 is 20.7 Å². The van der Waals surface area contributed by atoms with Crippen molar-refractivity contribution < 1.29 is 19.1 Å². The molecule has 4 aromatic carbocycles. The zero-order valence-corrected chi connectivity index (χ0v) is 25.9. The van der Waals surface area contributed by atoms with E-state index in [1.165, 1.54) is 11.8 Å². The van der Waals surface area contributed by atoms with Crippen molar-refractivity contribution >= 4 is 47.1 Å². The smallest absolute Gasteiger partial charge is 0.272 e. The lowest BCUT2D eigenvalue weighted by molar-refractivity contribution is -0.116. The first kappa shape index (κ1) is 31.7. The van der Waals surface area contributed by atoms with Crippen LogP contribution in [0.4, 0.5) is 11.5 Å². The van der Waals surface area contributed by atoms with Crippen molar-refractivity contribution in [2.75, 3.05) is 17.2 Å². The Bertz CT molecular complexity index is 1780. The van der Waals surface area contributed by atoms with Crippen LogP contribution in [0.2, 0.25) is 0 Å². The van der Waals surface area contributed by atoms with Gasteiger partial charge in [-0.2, -0.15) is 0 Å². The zero-order chi connectivity index (χ0) is 32.1. The zero-order valence-electron chi connectivity index (χ0n) is 25.1. The van der Waals surface area contributed by atoms with E-state index in [1.54, 1.807) is 72.9 Å². The Balaban J connectivity index is 1.32. The van der Waals surface area contributed by atoms with Crippen molar-refractivity contribution in [3.05, 3.63) is 156 Å². The summed E-state index contributed by atoms with van der Waals surface area (Å²) in [6, 6.07) is 38.0. The van der Waals surface area contributed by atoms with Crippen LogP contribution in [0.15, 0.2) is 144 Å². The number of thioether (sulfide) groups is 1. The van der Waals surface area contributed by atoms with E-state index in [0.717, 1.165) is 10.5 Å².